The zero-order valence-electron chi connectivity index (χ0n) is 16.3. The first-order valence-electron chi connectivity index (χ1n) is 9.31. The van der Waals surface area contributed by atoms with E-state index in [-0.39, 0.29) is 18.1 Å². The van der Waals surface area contributed by atoms with E-state index in [0.29, 0.717) is 16.7 Å². The van der Waals surface area contributed by atoms with Crippen LogP contribution in [0.1, 0.15) is 31.8 Å². The zero-order valence-corrected chi connectivity index (χ0v) is 17.9. The van der Waals surface area contributed by atoms with Crippen molar-refractivity contribution in [3.63, 3.8) is 0 Å². The van der Waals surface area contributed by atoms with Crippen molar-refractivity contribution in [1.82, 2.24) is 5.32 Å². The number of benzene rings is 3. The van der Waals surface area contributed by atoms with E-state index in [9.17, 15) is 14.4 Å². The van der Waals surface area contributed by atoms with E-state index in [0.717, 1.165) is 10.0 Å². The molecule has 0 aromatic heterocycles. The minimum atomic E-state index is -0.850. The van der Waals surface area contributed by atoms with E-state index in [1.807, 2.05) is 24.3 Å². The van der Waals surface area contributed by atoms with Gasteiger partial charge in [0.2, 0.25) is 0 Å². The molecule has 3 aromatic rings. The molecule has 0 saturated heterocycles. The molecule has 30 heavy (non-hydrogen) atoms. The summed E-state index contributed by atoms with van der Waals surface area (Å²) in [4.78, 5) is 37.3. The van der Waals surface area contributed by atoms with Gasteiger partial charge in [-0.1, -0.05) is 76.6 Å². The molecule has 0 saturated carbocycles. The molecule has 0 heterocycles. The maximum atomic E-state index is 12.5. The van der Waals surface area contributed by atoms with Crippen LogP contribution >= 0.6 is 15.9 Å². The number of carbonyl (C=O) groups excluding carboxylic acids is 3. The monoisotopic (exact) mass is 465 g/mol. The molecular formula is C24H20BrNO4. The molecule has 0 fully saturated rings. The van der Waals surface area contributed by atoms with E-state index in [4.69, 9.17) is 4.74 Å². The first kappa shape index (κ1) is 21.5. The summed E-state index contributed by atoms with van der Waals surface area (Å²) in [5, 5.41) is 2.72. The minimum absolute atomic E-state index is 0.0744. The smallest absolute Gasteiger partial charge is 0.328 e. The van der Waals surface area contributed by atoms with Gasteiger partial charge in [0, 0.05) is 27.6 Å². The number of esters is 1. The van der Waals surface area contributed by atoms with Crippen LogP contribution in [0.25, 0.3) is 0 Å². The number of ether oxygens (including phenoxy) is 1. The van der Waals surface area contributed by atoms with E-state index >= 15 is 0 Å². The van der Waals surface area contributed by atoms with E-state index in [1.165, 1.54) is 7.11 Å². The fourth-order valence-electron chi connectivity index (χ4n) is 2.99. The maximum absolute atomic E-state index is 12.5. The number of amides is 1. The quantitative estimate of drug-likeness (QED) is 0.419. The standard InChI is InChI=1S/C24H20BrNO4/c1-30-24(29)21(26-23(28)19-8-5-9-20(25)15-19)14-16-10-12-18(13-11-16)22(27)17-6-3-2-4-7-17/h2-13,15,21H,14H2,1H3,(H,26,28)/t21-/m1/s1. The third kappa shape index (κ3) is 5.42. The Hall–Kier alpha value is -3.25. The van der Waals surface area contributed by atoms with Crippen LogP contribution in [0.15, 0.2) is 83.3 Å². The predicted molar refractivity (Wildman–Crippen MR) is 117 cm³/mol. The lowest BCUT2D eigenvalue weighted by atomic mass is 9.99. The summed E-state index contributed by atoms with van der Waals surface area (Å²) in [6.07, 6.45) is 0.242. The summed E-state index contributed by atoms with van der Waals surface area (Å²) in [5.74, 6) is -0.986. The van der Waals surface area contributed by atoms with Gasteiger partial charge < -0.3 is 10.1 Å². The van der Waals surface area contributed by atoms with Crippen molar-refractivity contribution < 1.29 is 19.1 Å². The molecule has 0 radical (unpaired) electrons. The van der Waals surface area contributed by atoms with Gasteiger partial charge >= 0.3 is 5.97 Å². The highest BCUT2D eigenvalue weighted by molar-refractivity contribution is 9.10. The highest BCUT2D eigenvalue weighted by Crippen LogP contribution is 2.14. The summed E-state index contributed by atoms with van der Waals surface area (Å²) in [7, 11) is 1.28. The van der Waals surface area contributed by atoms with Gasteiger partial charge in [-0.15, -0.1) is 0 Å². The fraction of sp³-hybridized carbons (Fsp3) is 0.125. The lowest BCUT2D eigenvalue weighted by Gasteiger charge is -2.17. The Morgan fingerprint density at radius 1 is 0.867 bits per heavy atom. The van der Waals surface area contributed by atoms with E-state index < -0.39 is 12.0 Å². The number of hydrogen-bond donors (Lipinski definition) is 1. The first-order chi connectivity index (χ1) is 14.5. The Bertz CT molecular complexity index is 1050. The number of nitrogens with one attached hydrogen (secondary N) is 1. The van der Waals surface area contributed by atoms with Gasteiger partial charge in [-0.2, -0.15) is 0 Å². The lowest BCUT2D eigenvalue weighted by molar-refractivity contribution is -0.142. The van der Waals surface area contributed by atoms with Crippen molar-refractivity contribution in [2.24, 2.45) is 0 Å². The van der Waals surface area contributed by atoms with Crippen molar-refractivity contribution in [3.05, 3.63) is 106 Å². The van der Waals surface area contributed by atoms with Gasteiger partial charge in [0.05, 0.1) is 7.11 Å². The molecular weight excluding hydrogens is 446 g/mol. The Morgan fingerprint density at radius 2 is 1.50 bits per heavy atom. The van der Waals surface area contributed by atoms with Crippen molar-refractivity contribution in [3.8, 4) is 0 Å². The fourth-order valence-corrected chi connectivity index (χ4v) is 3.39. The Balaban J connectivity index is 1.73. The van der Waals surface area contributed by atoms with E-state index in [1.54, 1.807) is 54.6 Å². The number of rotatable bonds is 7. The van der Waals surface area contributed by atoms with Crippen LogP contribution in [0.4, 0.5) is 0 Å². The molecule has 0 spiro atoms. The summed E-state index contributed by atoms with van der Waals surface area (Å²) in [5.41, 5.74) is 2.39. The summed E-state index contributed by atoms with van der Waals surface area (Å²) in [6, 6.07) is 22.0. The Morgan fingerprint density at radius 3 is 2.13 bits per heavy atom. The molecule has 0 unspecified atom stereocenters. The van der Waals surface area contributed by atoms with Crippen LogP contribution in [0.5, 0.6) is 0 Å². The van der Waals surface area contributed by atoms with Gasteiger partial charge in [-0.25, -0.2) is 4.79 Å². The highest BCUT2D eigenvalue weighted by Gasteiger charge is 2.23. The Kier molecular flexibility index (Phi) is 7.14. The largest absolute Gasteiger partial charge is 0.467 e. The third-order valence-electron chi connectivity index (χ3n) is 4.57. The summed E-state index contributed by atoms with van der Waals surface area (Å²) < 4.78 is 5.61. The van der Waals surface area contributed by atoms with Gasteiger partial charge in [0.15, 0.2) is 5.78 Å². The first-order valence-corrected chi connectivity index (χ1v) is 10.1. The molecule has 5 nitrogen and oxygen atoms in total. The second-order valence-electron chi connectivity index (χ2n) is 6.66. The maximum Gasteiger partial charge on any atom is 0.328 e. The van der Waals surface area contributed by atoms with Gasteiger partial charge in [0.25, 0.3) is 5.91 Å². The molecule has 3 aromatic carbocycles. The third-order valence-corrected chi connectivity index (χ3v) is 5.06. The van der Waals surface area contributed by atoms with Gasteiger partial charge in [-0.05, 0) is 23.8 Å². The molecule has 1 atom stereocenters. The molecule has 0 aliphatic heterocycles. The number of hydrogen-bond acceptors (Lipinski definition) is 4. The SMILES string of the molecule is COC(=O)[C@@H](Cc1ccc(C(=O)c2ccccc2)cc1)NC(=O)c1cccc(Br)c1. The normalized spacial score (nSPS) is 11.4. The topological polar surface area (TPSA) is 72.5 Å². The molecule has 152 valence electrons. The molecule has 6 heteroatoms. The number of carbonyl (C=O) groups is 3. The Labute approximate surface area is 183 Å². The van der Waals surface area contributed by atoms with Crippen LogP contribution < -0.4 is 5.32 Å². The second-order valence-corrected chi connectivity index (χ2v) is 7.57. The van der Waals surface area contributed by atoms with Crippen molar-refractivity contribution in [1.29, 1.82) is 0 Å². The molecule has 0 bridgehead atoms. The molecule has 1 amide bonds. The van der Waals surface area contributed by atoms with Crippen molar-refractivity contribution >= 4 is 33.6 Å². The zero-order chi connectivity index (χ0) is 21.5. The number of halogens is 1. The lowest BCUT2D eigenvalue weighted by Crippen LogP contribution is -2.43. The van der Waals surface area contributed by atoms with Gasteiger partial charge in [0.1, 0.15) is 6.04 Å². The molecule has 1 N–H and O–H groups in total. The summed E-state index contributed by atoms with van der Waals surface area (Å²) >= 11 is 3.33. The highest BCUT2D eigenvalue weighted by atomic mass is 79.9. The molecule has 3 rings (SSSR count). The van der Waals surface area contributed by atoms with Crippen LogP contribution in [0.3, 0.4) is 0 Å². The van der Waals surface area contributed by atoms with Crippen molar-refractivity contribution in [2.75, 3.05) is 7.11 Å². The summed E-state index contributed by atoms with van der Waals surface area (Å²) in [6.45, 7) is 0. The van der Waals surface area contributed by atoms with E-state index in [2.05, 4.69) is 21.2 Å². The van der Waals surface area contributed by atoms with Gasteiger partial charge in [-0.3, -0.25) is 9.59 Å². The van der Waals surface area contributed by atoms with Crippen LogP contribution in [0.2, 0.25) is 0 Å². The van der Waals surface area contributed by atoms with Crippen molar-refractivity contribution in [2.45, 2.75) is 12.5 Å². The average molecular weight is 466 g/mol. The average Bonchev–Trinajstić information content (AvgIpc) is 2.78. The van der Waals surface area contributed by atoms with Crippen LogP contribution in [-0.4, -0.2) is 30.8 Å². The van der Waals surface area contributed by atoms with Crippen LogP contribution in [0, 0.1) is 0 Å². The number of ketones is 1. The molecule has 0 aliphatic rings. The molecule has 0 aliphatic carbocycles. The second kappa shape index (κ2) is 9.98. The number of methoxy groups -OCH3 is 1. The van der Waals surface area contributed by atoms with Crippen LogP contribution in [-0.2, 0) is 16.0 Å². The minimum Gasteiger partial charge on any atom is -0.467 e. The predicted octanol–water partition coefficient (Wildman–Crippen LogP) is 4.19.